The Morgan fingerprint density at radius 1 is 0.957 bits per heavy atom. The van der Waals surface area contributed by atoms with Crippen LogP contribution >= 0.6 is 0 Å². The van der Waals surface area contributed by atoms with Crippen molar-refractivity contribution in [3.8, 4) is 5.75 Å². The van der Waals surface area contributed by atoms with Crippen molar-refractivity contribution in [3.05, 3.63) is 118 Å². The van der Waals surface area contributed by atoms with Crippen LogP contribution in [0.4, 0.5) is 23.2 Å². The van der Waals surface area contributed by atoms with E-state index in [1.165, 1.54) is 49.3 Å². The molecule has 246 valence electrons. The van der Waals surface area contributed by atoms with Gasteiger partial charge in [0.25, 0.3) is 0 Å². The third kappa shape index (κ3) is 6.19. The van der Waals surface area contributed by atoms with Crippen LogP contribution in [0.5, 0.6) is 5.75 Å². The number of benzene rings is 3. The molecule has 12 heteroatoms. The third-order valence-corrected chi connectivity index (χ3v) is 8.24. The lowest BCUT2D eigenvalue weighted by molar-refractivity contribution is -0.152. The van der Waals surface area contributed by atoms with Gasteiger partial charge in [0.1, 0.15) is 23.3 Å². The minimum Gasteiger partial charge on any atom is -0.497 e. The van der Waals surface area contributed by atoms with Gasteiger partial charge in [-0.15, -0.1) is 0 Å². The molecular weight excluding hydrogens is 620 g/mol. The number of carbonyl (C=O) groups excluding carboxylic acids is 3. The molecule has 2 N–H and O–H groups in total. The standard InChI is InChI=1S/C35H32F4N2O6/c1-4-46-33(43)28-24(19-10-8-13-22(16-19)45-3)18-26-29(31(28)42)27(23-14-6-7-15-25(23)36)30(34(44)47-5-2)32(40)41(26)21-12-9-11-20(17-21)35(37,38)39/h6-17,24,27-28H,4-5,18,40H2,1-3H3/t24-,27-,28+/m0/s1. The number of hydrogen-bond donors (Lipinski definition) is 1. The van der Waals surface area contributed by atoms with Crippen molar-refractivity contribution < 1.29 is 46.2 Å². The molecular formula is C35H32F4N2O6. The van der Waals surface area contributed by atoms with Gasteiger partial charge in [-0.3, -0.25) is 14.5 Å². The van der Waals surface area contributed by atoms with Gasteiger partial charge in [0, 0.05) is 28.4 Å². The lowest BCUT2D eigenvalue weighted by Crippen LogP contribution is -2.46. The maximum atomic E-state index is 15.6. The van der Waals surface area contributed by atoms with E-state index in [0.717, 1.165) is 18.2 Å². The lowest BCUT2D eigenvalue weighted by atomic mass is 9.66. The van der Waals surface area contributed by atoms with Gasteiger partial charge >= 0.3 is 18.1 Å². The lowest BCUT2D eigenvalue weighted by Gasteiger charge is -2.44. The third-order valence-electron chi connectivity index (χ3n) is 8.24. The summed E-state index contributed by atoms with van der Waals surface area (Å²) in [6.45, 7) is 2.95. The minimum atomic E-state index is -4.73. The van der Waals surface area contributed by atoms with Crippen LogP contribution in [0, 0.1) is 11.7 Å². The zero-order valence-electron chi connectivity index (χ0n) is 25.8. The van der Waals surface area contributed by atoms with Crippen LogP contribution in [0.1, 0.15) is 48.8 Å². The molecule has 1 aliphatic carbocycles. The van der Waals surface area contributed by atoms with Crippen molar-refractivity contribution in [1.82, 2.24) is 0 Å². The Labute approximate surface area is 268 Å². The van der Waals surface area contributed by atoms with E-state index in [9.17, 15) is 27.6 Å². The Hall–Kier alpha value is -5.13. The van der Waals surface area contributed by atoms with E-state index in [1.807, 2.05) is 0 Å². The number of allylic oxidation sites excluding steroid dienone is 2. The van der Waals surface area contributed by atoms with Gasteiger partial charge in [-0.25, -0.2) is 9.18 Å². The van der Waals surface area contributed by atoms with Crippen LogP contribution in [0.3, 0.4) is 0 Å². The normalized spacial score (nSPS) is 19.8. The van der Waals surface area contributed by atoms with Crippen molar-refractivity contribution in [2.75, 3.05) is 25.2 Å². The average Bonchev–Trinajstić information content (AvgIpc) is 3.04. The fourth-order valence-electron chi connectivity index (χ4n) is 6.26. The van der Waals surface area contributed by atoms with Crippen LogP contribution in [0.15, 0.2) is 95.5 Å². The predicted molar refractivity (Wildman–Crippen MR) is 163 cm³/mol. The first-order valence-corrected chi connectivity index (χ1v) is 14.9. The Balaban J connectivity index is 1.86. The summed E-state index contributed by atoms with van der Waals surface area (Å²) in [6, 6.07) is 16.4. The highest BCUT2D eigenvalue weighted by Gasteiger charge is 2.52. The number of nitrogens with zero attached hydrogens (tertiary/aromatic N) is 1. The predicted octanol–water partition coefficient (Wildman–Crippen LogP) is 6.38. The smallest absolute Gasteiger partial charge is 0.416 e. The first-order chi connectivity index (χ1) is 22.4. The van der Waals surface area contributed by atoms with Gasteiger partial charge in [0.2, 0.25) is 0 Å². The van der Waals surface area contributed by atoms with Crippen molar-refractivity contribution >= 4 is 23.4 Å². The van der Waals surface area contributed by atoms with Crippen molar-refractivity contribution in [3.63, 3.8) is 0 Å². The first-order valence-electron chi connectivity index (χ1n) is 14.9. The number of hydrogen-bond acceptors (Lipinski definition) is 8. The second kappa shape index (κ2) is 13.3. The SMILES string of the molecule is CCOC(=O)C1=C(N)N(c2cccc(C(F)(F)F)c2)C2=C(C(=O)[C@H](C(=O)OCC)[C@H](c3cccc(OC)c3)C2)[C@@H]1c1ccccc1F. The fourth-order valence-corrected chi connectivity index (χ4v) is 6.26. The molecule has 3 aromatic rings. The van der Waals surface area contributed by atoms with E-state index in [4.69, 9.17) is 19.9 Å². The fraction of sp³-hybridized carbons (Fsp3) is 0.286. The summed E-state index contributed by atoms with van der Waals surface area (Å²) in [5, 5.41) is 0. The molecule has 0 aromatic heterocycles. The summed E-state index contributed by atoms with van der Waals surface area (Å²) in [6.07, 6.45) is -4.86. The number of esters is 2. The molecule has 1 heterocycles. The van der Waals surface area contributed by atoms with E-state index in [2.05, 4.69) is 0 Å². The molecule has 8 nitrogen and oxygen atoms in total. The largest absolute Gasteiger partial charge is 0.497 e. The zero-order chi connectivity index (χ0) is 34.0. The molecule has 0 bridgehead atoms. The van der Waals surface area contributed by atoms with Gasteiger partial charge in [-0.2, -0.15) is 13.2 Å². The molecule has 3 atom stereocenters. The van der Waals surface area contributed by atoms with E-state index in [-0.39, 0.29) is 53.5 Å². The van der Waals surface area contributed by atoms with Crippen molar-refractivity contribution in [2.24, 2.45) is 11.7 Å². The van der Waals surface area contributed by atoms with Gasteiger partial charge in [-0.1, -0.05) is 36.4 Å². The molecule has 5 rings (SSSR count). The number of alkyl halides is 3. The molecule has 0 amide bonds. The summed E-state index contributed by atoms with van der Waals surface area (Å²) >= 11 is 0. The second-order valence-electron chi connectivity index (χ2n) is 10.9. The number of ether oxygens (including phenoxy) is 3. The number of methoxy groups -OCH3 is 1. The monoisotopic (exact) mass is 652 g/mol. The number of ketones is 1. The molecule has 0 saturated heterocycles. The highest BCUT2D eigenvalue weighted by atomic mass is 19.4. The molecule has 47 heavy (non-hydrogen) atoms. The summed E-state index contributed by atoms with van der Waals surface area (Å²) in [5.74, 6) is -7.15. The van der Waals surface area contributed by atoms with Crippen LogP contribution in [0.2, 0.25) is 0 Å². The Bertz CT molecular complexity index is 1780. The zero-order valence-corrected chi connectivity index (χ0v) is 25.8. The molecule has 2 aliphatic rings. The molecule has 3 aromatic carbocycles. The molecule has 0 radical (unpaired) electrons. The molecule has 1 aliphatic heterocycles. The van der Waals surface area contributed by atoms with E-state index >= 15 is 4.39 Å². The quantitative estimate of drug-likeness (QED) is 0.170. The topological polar surface area (TPSA) is 108 Å². The number of anilines is 1. The number of rotatable bonds is 8. The number of halogens is 4. The highest BCUT2D eigenvalue weighted by Crippen LogP contribution is 2.52. The van der Waals surface area contributed by atoms with Crippen LogP contribution in [-0.4, -0.2) is 38.0 Å². The van der Waals surface area contributed by atoms with Crippen molar-refractivity contribution in [1.29, 1.82) is 0 Å². The van der Waals surface area contributed by atoms with E-state index in [1.54, 1.807) is 31.2 Å². The number of carbonyl (C=O) groups is 3. The second-order valence-corrected chi connectivity index (χ2v) is 10.9. The first kappa shape index (κ1) is 33.2. The van der Waals surface area contributed by atoms with Gasteiger partial charge < -0.3 is 19.9 Å². The average molecular weight is 653 g/mol. The summed E-state index contributed by atoms with van der Waals surface area (Å²) < 4.78 is 73.4. The molecule has 0 spiro atoms. The number of nitrogens with two attached hydrogens (primary N) is 1. The van der Waals surface area contributed by atoms with E-state index < -0.39 is 53.0 Å². The summed E-state index contributed by atoms with van der Waals surface area (Å²) in [7, 11) is 1.45. The Morgan fingerprint density at radius 2 is 1.66 bits per heavy atom. The minimum absolute atomic E-state index is 0.0482. The number of Topliss-reactive ketones (excluding diaryl/α,β-unsaturated/α-hetero) is 1. The van der Waals surface area contributed by atoms with Crippen LogP contribution in [0.25, 0.3) is 0 Å². The van der Waals surface area contributed by atoms with Gasteiger partial charge in [-0.05, 0) is 62.2 Å². The highest BCUT2D eigenvalue weighted by molar-refractivity contribution is 6.14. The Kier molecular flexibility index (Phi) is 9.41. The van der Waals surface area contributed by atoms with Crippen LogP contribution in [-0.2, 0) is 30.0 Å². The van der Waals surface area contributed by atoms with Crippen molar-refractivity contribution in [2.45, 2.75) is 38.3 Å². The van der Waals surface area contributed by atoms with Crippen LogP contribution < -0.4 is 15.4 Å². The Morgan fingerprint density at radius 3 is 2.32 bits per heavy atom. The molecule has 0 fully saturated rings. The summed E-state index contributed by atoms with van der Waals surface area (Å²) in [4.78, 5) is 43.2. The maximum absolute atomic E-state index is 15.6. The maximum Gasteiger partial charge on any atom is 0.416 e. The molecule has 0 unspecified atom stereocenters. The molecule has 0 saturated carbocycles. The van der Waals surface area contributed by atoms with Gasteiger partial charge in [0.05, 0.1) is 37.4 Å². The summed E-state index contributed by atoms with van der Waals surface area (Å²) in [5.41, 5.74) is 5.54. The van der Waals surface area contributed by atoms with Gasteiger partial charge in [0.15, 0.2) is 5.78 Å². The van der Waals surface area contributed by atoms with E-state index in [0.29, 0.717) is 11.3 Å².